The average Bonchev–Trinajstić information content (AvgIpc) is 2.83. The first-order valence-corrected chi connectivity index (χ1v) is 10.4. The van der Waals surface area contributed by atoms with Crippen LogP contribution in [0.25, 0.3) is 10.9 Å². The van der Waals surface area contributed by atoms with Gasteiger partial charge in [-0.1, -0.05) is 23.7 Å². The van der Waals surface area contributed by atoms with Crippen LogP contribution in [-0.4, -0.2) is 30.0 Å². The Morgan fingerprint density at radius 2 is 1.75 bits per heavy atom. The maximum absolute atomic E-state index is 12.4. The van der Waals surface area contributed by atoms with Gasteiger partial charge in [-0.25, -0.2) is 4.98 Å². The van der Waals surface area contributed by atoms with Crippen LogP contribution in [0.2, 0.25) is 5.02 Å². The largest absolute Gasteiger partial charge is 0.497 e. The molecule has 0 spiro atoms. The Morgan fingerprint density at radius 3 is 2.44 bits per heavy atom. The highest BCUT2D eigenvalue weighted by Crippen LogP contribution is 2.27. The second-order valence-corrected chi connectivity index (χ2v) is 7.48. The summed E-state index contributed by atoms with van der Waals surface area (Å²) in [5.41, 5.74) is 3.11. The Hall–Kier alpha value is -3.84. The number of carbonyl (C=O) groups is 1. The van der Waals surface area contributed by atoms with E-state index in [1.54, 1.807) is 38.4 Å². The number of methoxy groups -OCH3 is 1. The number of nitrogens with zero attached hydrogens (tertiary/aromatic N) is 2. The van der Waals surface area contributed by atoms with Crippen molar-refractivity contribution in [2.45, 2.75) is 6.54 Å². The van der Waals surface area contributed by atoms with E-state index < -0.39 is 0 Å². The van der Waals surface area contributed by atoms with Gasteiger partial charge < -0.3 is 20.7 Å². The summed E-state index contributed by atoms with van der Waals surface area (Å²) >= 11 is 5.88. The monoisotopic (exact) mass is 447 g/mol. The van der Waals surface area contributed by atoms with E-state index in [0.29, 0.717) is 34.6 Å². The number of ether oxygens (including phenoxy) is 1. The molecule has 0 aliphatic carbocycles. The van der Waals surface area contributed by atoms with Crippen LogP contribution in [0, 0.1) is 0 Å². The molecule has 0 unspecified atom stereocenters. The maximum atomic E-state index is 12.4. The molecule has 3 aromatic carbocycles. The lowest BCUT2D eigenvalue weighted by molar-refractivity contribution is 0.102. The van der Waals surface area contributed by atoms with E-state index in [1.807, 2.05) is 42.5 Å². The number of fused-ring (bicyclic) bond motifs is 1. The molecular weight excluding hydrogens is 426 g/mol. The molecule has 162 valence electrons. The zero-order valence-electron chi connectivity index (χ0n) is 17.6. The quantitative estimate of drug-likeness (QED) is 0.361. The number of anilines is 3. The lowest BCUT2D eigenvalue weighted by Gasteiger charge is -2.12. The molecule has 1 heterocycles. The zero-order chi connectivity index (χ0) is 22.5. The number of nitrogens with one attached hydrogen (secondary N) is 3. The van der Waals surface area contributed by atoms with Gasteiger partial charge in [0, 0.05) is 35.3 Å². The topological polar surface area (TPSA) is 88.2 Å². The van der Waals surface area contributed by atoms with Crippen molar-refractivity contribution in [3.05, 3.63) is 82.9 Å². The van der Waals surface area contributed by atoms with Crippen molar-refractivity contribution in [2.24, 2.45) is 0 Å². The number of aromatic nitrogens is 2. The van der Waals surface area contributed by atoms with Gasteiger partial charge in [-0.05, 0) is 60.2 Å². The summed E-state index contributed by atoms with van der Waals surface area (Å²) in [5.74, 6) is 1.79. The van der Waals surface area contributed by atoms with E-state index in [1.165, 1.54) is 0 Å². The van der Waals surface area contributed by atoms with Crippen LogP contribution >= 0.6 is 11.6 Å². The van der Waals surface area contributed by atoms with Gasteiger partial charge in [-0.2, -0.15) is 4.98 Å². The van der Waals surface area contributed by atoms with Crippen LogP contribution < -0.4 is 20.7 Å². The van der Waals surface area contributed by atoms with Crippen molar-refractivity contribution >= 4 is 45.9 Å². The van der Waals surface area contributed by atoms with Crippen molar-refractivity contribution in [3.8, 4) is 5.75 Å². The predicted molar refractivity (Wildman–Crippen MR) is 129 cm³/mol. The third-order valence-electron chi connectivity index (χ3n) is 4.90. The summed E-state index contributed by atoms with van der Waals surface area (Å²) in [4.78, 5) is 21.4. The van der Waals surface area contributed by atoms with Crippen LogP contribution in [0.4, 0.5) is 17.5 Å². The molecule has 4 aromatic rings. The molecule has 0 aliphatic rings. The highest BCUT2D eigenvalue weighted by Gasteiger charge is 2.09. The molecule has 0 atom stereocenters. The molecule has 1 aromatic heterocycles. The van der Waals surface area contributed by atoms with E-state index in [-0.39, 0.29) is 5.91 Å². The van der Waals surface area contributed by atoms with Crippen molar-refractivity contribution in [3.63, 3.8) is 0 Å². The van der Waals surface area contributed by atoms with Crippen molar-refractivity contribution in [1.82, 2.24) is 9.97 Å². The number of halogens is 1. The first-order valence-electron chi connectivity index (χ1n) is 9.99. The number of amides is 1. The molecule has 0 radical (unpaired) electrons. The molecule has 4 rings (SSSR count). The zero-order valence-corrected chi connectivity index (χ0v) is 18.4. The average molecular weight is 448 g/mol. The van der Waals surface area contributed by atoms with Crippen LogP contribution in [0.15, 0.2) is 66.7 Å². The van der Waals surface area contributed by atoms with Gasteiger partial charge >= 0.3 is 0 Å². The molecule has 0 fully saturated rings. The molecule has 1 amide bonds. The fourth-order valence-corrected chi connectivity index (χ4v) is 3.30. The van der Waals surface area contributed by atoms with Crippen LogP contribution in [0.3, 0.4) is 0 Å². The summed E-state index contributed by atoms with van der Waals surface area (Å²) < 4.78 is 5.34. The minimum Gasteiger partial charge on any atom is -0.497 e. The lowest BCUT2D eigenvalue weighted by Crippen LogP contribution is -2.11. The minimum absolute atomic E-state index is 0.187. The Kier molecular flexibility index (Phi) is 6.37. The van der Waals surface area contributed by atoms with Gasteiger partial charge in [0.05, 0.1) is 12.6 Å². The van der Waals surface area contributed by atoms with E-state index in [0.717, 1.165) is 22.2 Å². The fourth-order valence-electron chi connectivity index (χ4n) is 3.18. The number of hydrogen-bond acceptors (Lipinski definition) is 6. The van der Waals surface area contributed by atoms with E-state index >= 15 is 0 Å². The SMILES string of the molecule is CNc1nc(NCc2ccc(NC(=O)c3ccc(Cl)cc3)cc2)c2cc(OC)ccc2n1. The molecule has 0 saturated heterocycles. The number of hydrogen-bond donors (Lipinski definition) is 3. The van der Waals surface area contributed by atoms with Crippen LogP contribution in [-0.2, 0) is 6.54 Å². The van der Waals surface area contributed by atoms with Gasteiger partial charge in [0.15, 0.2) is 0 Å². The van der Waals surface area contributed by atoms with Gasteiger partial charge in [0.2, 0.25) is 5.95 Å². The van der Waals surface area contributed by atoms with E-state index in [9.17, 15) is 4.79 Å². The summed E-state index contributed by atoms with van der Waals surface area (Å²) in [6, 6.07) is 20.1. The first kappa shape index (κ1) is 21.4. The van der Waals surface area contributed by atoms with Crippen LogP contribution in [0.1, 0.15) is 15.9 Å². The third kappa shape index (κ3) is 4.90. The van der Waals surface area contributed by atoms with Gasteiger partial charge in [0.25, 0.3) is 5.91 Å². The molecule has 32 heavy (non-hydrogen) atoms. The van der Waals surface area contributed by atoms with Crippen molar-refractivity contribution < 1.29 is 9.53 Å². The molecular formula is C24H22ClN5O2. The van der Waals surface area contributed by atoms with E-state index in [2.05, 4.69) is 25.9 Å². The van der Waals surface area contributed by atoms with Gasteiger partial charge in [-0.15, -0.1) is 0 Å². The van der Waals surface area contributed by atoms with E-state index in [4.69, 9.17) is 16.3 Å². The standard InChI is InChI=1S/C24H22ClN5O2/c1-26-24-29-21-12-11-19(32-2)13-20(21)22(30-24)27-14-15-3-9-18(10-4-15)28-23(31)16-5-7-17(25)8-6-16/h3-13H,14H2,1-2H3,(H,28,31)(H2,26,27,29,30). The molecule has 3 N–H and O–H groups in total. The molecule has 0 bridgehead atoms. The highest BCUT2D eigenvalue weighted by molar-refractivity contribution is 6.30. The second kappa shape index (κ2) is 9.53. The van der Waals surface area contributed by atoms with Crippen molar-refractivity contribution in [2.75, 3.05) is 30.1 Å². The second-order valence-electron chi connectivity index (χ2n) is 7.04. The number of rotatable bonds is 7. The van der Waals surface area contributed by atoms with Crippen LogP contribution in [0.5, 0.6) is 5.75 Å². The Labute approximate surface area is 190 Å². The summed E-state index contributed by atoms with van der Waals surface area (Å²) in [6.45, 7) is 0.553. The fraction of sp³-hybridized carbons (Fsp3) is 0.125. The number of benzene rings is 3. The molecule has 0 aliphatic heterocycles. The smallest absolute Gasteiger partial charge is 0.255 e. The van der Waals surface area contributed by atoms with Crippen molar-refractivity contribution in [1.29, 1.82) is 0 Å². The summed E-state index contributed by atoms with van der Waals surface area (Å²) in [7, 11) is 3.41. The minimum atomic E-state index is -0.187. The Morgan fingerprint density at radius 1 is 1.00 bits per heavy atom. The molecule has 7 nitrogen and oxygen atoms in total. The molecule has 8 heteroatoms. The summed E-state index contributed by atoms with van der Waals surface area (Å²) in [6.07, 6.45) is 0. The van der Waals surface area contributed by atoms with Gasteiger partial charge in [-0.3, -0.25) is 4.79 Å². The van der Waals surface area contributed by atoms with Gasteiger partial charge in [0.1, 0.15) is 11.6 Å². The maximum Gasteiger partial charge on any atom is 0.255 e. The lowest BCUT2D eigenvalue weighted by atomic mass is 10.1. The highest BCUT2D eigenvalue weighted by atomic mass is 35.5. The normalized spacial score (nSPS) is 10.6. The Bertz CT molecular complexity index is 1240. The number of carbonyl (C=O) groups excluding carboxylic acids is 1. The third-order valence-corrected chi connectivity index (χ3v) is 5.16. The predicted octanol–water partition coefficient (Wildman–Crippen LogP) is 5.20. The summed E-state index contributed by atoms with van der Waals surface area (Å²) in [5, 5.41) is 10.7. The molecule has 0 saturated carbocycles. The Balaban J connectivity index is 1.46. The first-order chi connectivity index (χ1) is 15.6.